The molecule has 0 atom stereocenters. The number of ether oxygens (including phenoxy) is 1. The number of rotatable bonds is 5. The molecule has 11 heteroatoms. The fourth-order valence-corrected chi connectivity index (χ4v) is 2.57. The van der Waals surface area contributed by atoms with Gasteiger partial charge in [0.15, 0.2) is 6.61 Å². The van der Waals surface area contributed by atoms with Crippen molar-refractivity contribution in [2.45, 2.75) is 11.8 Å². The van der Waals surface area contributed by atoms with Crippen LogP contribution in [0.3, 0.4) is 0 Å². The molecule has 5 nitrogen and oxygen atoms in total. The van der Waals surface area contributed by atoms with Crippen LogP contribution in [0.15, 0.2) is 29.2 Å². The van der Waals surface area contributed by atoms with Crippen molar-refractivity contribution in [1.29, 1.82) is 0 Å². The van der Waals surface area contributed by atoms with E-state index in [9.17, 15) is 35.2 Å². The lowest BCUT2D eigenvalue weighted by atomic mass is 10.2. The van der Waals surface area contributed by atoms with Crippen LogP contribution in [0.25, 0.3) is 0 Å². The normalized spacial score (nSPS) is 11.5. The summed E-state index contributed by atoms with van der Waals surface area (Å²) < 4.78 is 97.7. The molecule has 26 heavy (non-hydrogen) atoms. The van der Waals surface area contributed by atoms with Gasteiger partial charge in [0.2, 0.25) is 34.8 Å². The zero-order chi connectivity index (χ0) is 19.6. The zero-order valence-electron chi connectivity index (χ0n) is 12.9. The van der Waals surface area contributed by atoms with Gasteiger partial charge in [0.05, 0.1) is 4.90 Å². The Labute approximate surface area is 144 Å². The number of hydrogen-bond acceptors (Lipinski definition) is 5. The van der Waals surface area contributed by atoms with Crippen LogP contribution in [0.2, 0.25) is 0 Å². The van der Waals surface area contributed by atoms with Crippen molar-refractivity contribution < 1.29 is 44.1 Å². The lowest BCUT2D eigenvalue weighted by Gasteiger charge is -2.09. The van der Waals surface area contributed by atoms with Crippen molar-refractivity contribution in [1.82, 2.24) is 0 Å². The maximum Gasteiger partial charge on any atom is 0.339 e. The maximum atomic E-state index is 13.4. The third-order valence-electron chi connectivity index (χ3n) is 3.03. The standard InChI is InChI=1S/C15H9F5O5S/c1-7-2-4-8(5-3-7)26(22,23)24-6-9(21)25-15-13(19)11(17)10(16)12(18)14(15)20/h2-5H,6H2,1H3. The van der Waals surface area contributed by atoms with E-state index in [2.05, 4.69) is 8.92 Å². The van der Waals surface area contributed by atoms with Crippen molar-refractivity contribution in [3.63, 3.8) is 0 Å². The summed E-state index contributed by atoms with van der Waals surface area (Å²) in [6, 6.07) is 5.26. The lowest BCUT2D eigenvalue weighted by molar-refractivity contribution is -0.137. The van der Waals surface area contributed by atoms with E-state index in [0.29, 0.717) is 0 Å². The van der Waals surface area contributed by atoms with E-state index in [1.54, 1.807) is 6.92 Å². The minimum absolute atomic E-state index is 0.313. The van der Waals surface area contributed by atoms with E-state index in [4.69, 9.17) is 0 Å². The van der Waals surface area contributed by atoms with Crippen molar-refractivity contribution in [2.24, 2.45) is 0 Å². The molecule has 0 aromatic heterocycles. The number of esters is 1. The Morgan fingerprint density at radius 3 is 1.85 bits per heavy atom. The Bertz CT molecular complexity index is 928. The summed E-state index contributed by atoms with van der Waals surface area (Å²) in [6.45, 7) is 0.342. The van der Waals surface area contributed by atoms with Crippen LogP contribution >= 0.6 is 0 Å². The van der Waals surface area contributed by atoms with Crippen molar-refractivity contribution in [3.05, 3.63) is 58.9 Å². The molecule has 0 radical (unpaired) electrons. The first-order valence-corrected chi connectivity index (χ1v) is 8.13. The number of carbonyl (C=O) groups is 1. The van der Waals surface area contributed by atoms with E-state index in [0.717, 1.165) is 5.56 Å². The van der Waals surface area contributed by atoms with Gasteiger partial charge in [0.25, 0.3) is 10.1 Å². The average molecular weight is 396 g/mol. The minimum atomic E-state index is -4.40. The van der Waals surface area contributed by atoms with Crippen molar-refractivity contribution >= 4 is 16.1 Å². The van der Waals surface area contributed by atoms with Gasteiger partial charge in [-0.05, 0) is 19.1 Å². The van der Waals surface area contributed by atoms with Gasteiger partial charge in [0, 0.05) is 0 Å². The highest BCUT2D eigenvalue weighted by Gasteiger charge is 2.29. The van der Waals surface area contributed by atoms with Gasteiger partial charge in [0.1, 0.15) is 0 Å². The molecule has 0 aliphatic heterocycles. The SMILES string of the molecule is Cc1ccc(S(=O)(=O)OCC(=O)Oc2c(F)c(F)c(F)c(F)c2F)cc1. The highest BCUT2D eigenvalue weighted by molar-refractivity contribution is 7.86. The Balaban J connectivity index is 2.14. The first-order valence-electron chi connectivity index (χ1n) is 6.73. The number of hydrogen-bond donors (Lipinski definition) is 0. The monoisotopic (exact) mass is 396 g/mol. The van der Waals surface area contributed by atoms with Crippen molar-refractivity contribution in [2.75, 3.05) is 6.61 Å². The number of aryl methyl sites for hydroxylation is 1. The van der Waals surface area contributed by atoms with E-state index in [1.165, 1.54) is 24.3 Å². The van der Waals surface area contributed by atoms with Crippen LogP contribution in [-0.2, 0) is 19.1 Å². The van der Waals surface area contributed by atoms with Crippen LogP contribution in [0.5, 0.6) is 5.75 Å². The fraction of sp³-hybridized carbons (Fsp3) is 0.133. The third-order valence-corrected chi connectivity index (χ3v) is 4.30. The van der Waals surface area contributed by atoms with E-state index in [-0.39, 0.29) is 4.90 Å². The second-order valence-electron chi connectivity index (χ2n) is 4.90. The summed E-state index contributed by atoms with van der Waals surface area (Å²) in [5.41, 5.74) is 0.745. The summed E-state index contributed by atoms with van der Waals surface area (Å²) in [6.07, 6.45) is 0. The quantitative estimate of drug-likeness (QED) is 0.194. The first-order chi connectivity index (χ1) is 12.0. The largest absolute Gasteiger partial charge is 0.418 e. The van der Waals surface area contributed by atoms with Gasteiger partial charge in [-0.1, -0.05) is 17.7 Å². The predicted molar refractivity (Wildman–Crippen MR) is 76.2 cm³/mol. The molecule has 2 aromatic rings. The van der Waals surface area contributed by atoms with Gasteiger partial charge < -0.3 is 4.74 Å². The van der Waals surface area contributed by atoms with Gasteiger partial charge >= 0.3 is 5.97 Å². The van der Waals surface area contributed by atoms with Crippen LogP contribution in [0, 0.1) is 36.0 Å². The lowest BCUT2D eigenvalue weighted by Crippen LogP contribution is -2.21. The van der Waals surface area contributed by atoms with Crippen LogP contribution < -0.4 is 4.74 Å². The molecule has 0 aliphatic carbocycles. The van der Waals surface area contributed by atoms with Gasteiger partial charge in [-0.3, -0.25) is 4.18 Å². The Kier molecular flexibility index (Phi) is 5.62. The molecular formula is C15H9F5O5S. The summed E-state index contributed by atoms with van der Waals surface area (Å²) >= 11 is 0. The fourth-order valence-electron chi connectivity index (χ4n) is 1.72. The molecule has 140 valence electrons. The molecule has 0 amide bonds. The molecule has 2 rings (SSSR count). The highest BCUT2D eigenvalue weighted by atomic mass is 32.2. The number of benzene rings is 2. The first kappa shape index (κ1) is 19.8. The molecule has 0 bridgehead atoms. The van der Waals surface area contributed by atoms with Crippen LogP contribution in [0.1, 0.15) is 5.56 Å². The molecule has 0 spiro atoms. The summed E-state index contributed by atoms with van der Waals surface area (Å²) in [5.74, 6) is -15.4. The summed E-state index contributed by atoms with van der Waals surface area (Å²) in [7, 11) is -4.40. The highest BCUT2D eigenvalue weighted by Crippen LogP contribution is 2.29. The number of halogens is 5. The summed E-state index contributed by atoms with van der Waals surface area (Å²) in [5, 5.41) is 0. The Morgan fingerprint density at radius 1 is 0.885 bits per heavy atom. The van der Waals surface area contributed by atoms with Gasteiger partial charge in [-0.25, -0.2) is 18.0 Å². The van der Waals surface area contributed by atoms with E-state index >= 15 is 0 Å². The van der Waals surface area contributed by atoms with Crippen LogP contribution in [0.4, 0.5) is 22.0 Å². The molecule has 0 N–H and O–H groups in total. The maximum absolute atomic E-state index is 13.4. The van der Waals surface area contributed by atoms with E-state index in [1.807, 2.05) is 0 Å². The van der Waals surface area contributed by atoms with Gasteiger partial charge in [-0.15, -0.1) is 0 Å². The molecular weight excluding hydrogens is 387 g/mol. The molecule has 0 unspecified atom stereocenters. The van der Waals surface area contributed by atoms with E-state index < -0.39 is 57.5 Å². The van der Waals surface area contributed by atoms with Gasteiger partial charge in [-0.2, -0.15) is 17.2 Å². The molecule has 0 aliphatic rings. The second-order valence-corrected chi connectivity index (χ2v) is 6.52. The molecule has 0 saturated heterocycles. The molecule has 0 saturated carbocycles. The Hall–Kier alpha value is -2.53. The smallest absolute Gasteiger partial charge is 0.339 e. The summed E-state index contributed by atoms with van der Waals surface area (Å²) in [4.78, 5) is 11.2. The van der Waals surface area contributed by atoms with Crippen molar-refractivity contribution in [3.8, 4) is 5.75 Å². The third kappa shape index (κ3) is 3.99. The van der Waals surface area contributed by atoms with Crippen LogP contribution in [-0.4, -0.2) is 21.0 Å². The molecule has 2 aromatic carbocycles. The Morgan fingerprint density at radius 2 is 1.35 bits per heavy atom. The molecule has 0 heterocycles. The zero-order valence-corrected chi connectivity index (χ0v) is 13.7. The average Bonchev–Trinajstić information content (AvgIpc) is 2.60. The molecule has 0 fully saturated rings. The minimum Gasteiger partial charge on any atom is -0.418 e. The topological polar surface area (TPSA) is 69.7 Å². The number of carbonyl (C=O) groups excluding carboxylic acids is 1. The second kappa shape index (κ2) is 7.38. The predicted octanol–water partition coefficient (Wildman–Crippen LogP) is 3.00.